The molecule has 2 aliphatic rings. The van der Waals surface area contributed by atoms with E-state index >= 15 is 0 Å². The van der Waals surface area contributed by atoms with Crippen LogP contribution in [0.25, 0.3) is 39.3 Å². The first kappa shape index (κ1) is 24.4. The lowest BCUT2D eigenvalue weighted by Crippen LogP contribution is -2.34. The molecule has 2 aliphatic heterocycles. The summed E-state index contributed by atoms with van der Waals surface area (Å²) in [5, 5.41) is 10.4. The fourth-order valence-corrected chi connectivity index (χ4v) is 4.96. The van der Waals surface area contributed by atoms with Gasteiger partial charge in [0.2, 0.25) is 0 Å². The van der Waals surface area contributed by atoms with E-state index in [0.29, 0.717) is 40.3 Å². The number of aromatic amines is 1. The second kappa shape index (κ2) is 10.1. The minimum Gasteiger partial charge on any atom is -0.464 e. The highest BCUT2D eigenvalue weighted by atomic mass is 35.5. The molecule has 0 aliphatic carbocycles. The van der Waals surface area contributed by atoms with E-state index in [2.05, 4.69) is 21.5 Å². The summed E-state index contributed by atoms with van der Waals surface area (Å²) >= 11 is 6.59. The number of halogens is 1. The van der Waals surface area contributed by atoms with Gasteiger partial charge in [0.05, 0.1) is 29.4 Å². The molecule has 9 nitrogen and oxygen atoms in total. The number of fused-ring (bicyclic) bond motifs is 2. The number of H-pyrrole nitrogens is 1. The van der Waals surface area contributed by atoms with E-state index in [-0.39, 0.29) is 24.9 Å². The molecule has 4 aromatic rings. The van der Waals surface area contributed by atoms with Crippen LogP contribution in [-0.2, 0) is 14.2 Å². The smallest absolute Gasteiger partial charge is 0.296 e. The van der Waals surface area contributed by atoms with E-state index in [1.54, 1.807) is 6.07 Å². The van der Waals surface area contributed by atoms with E-state index in [1.165, 1.54) is 12.5 Å². The molecule has 4 heterocycles. The van der Waals surface area contributed by atoms with Gasteiger partial charge in [0.15, 0.2) is 11.8 Å². The highest BCUT2D eigenvalue weighted by Gasteiger charge is 2.48. The second-order valence-corrected chi connectivity index (χ2v) is 9.48. The predicted molar refractivity (Wildman–Crippen MR) is 143 cm³/mol. The van der Waals surface area contributed by atoms with Crippen LogP contribution in [0.2, 0.25) is 5.02 Å². The van der Waals surface area contributed by atoms with Crippen LogP contribution in [0.5, 0.6) is 6.01 Å². The summed E-state index contributed by atoms with van der Waals surface area (Å²) in [5.41, 5.74) is 10.9. The molecule has 38 heavy (non-hydrogen) atoms. The minimum absolute atomic E-state index is 0.234. The molecule has 2 saturated heterocycles. The van der Waals surface area contributed by atoms with E-state index < -0.39 is 6.10 Å². The summed E-state index contributed by atoms with van der Waals surface area (Å²) in [6.07, 6.45) is 0.978. The van der Waals surface area contributed by atoms with Crippen molar-refractivity contribution in [2.45, 2.75) is 24.4 Å². The molecule has 0 unspecified atom stereocenters. The van der Waals surface area contributed by atoms with Crippen LogP contribution in [0.4, 0.5) is 0 Å². The van der Waals surface area contributed by atoms with Crippen LogP contribution in [0.3, 0.4) is 0 Å². The van der Waals surface area contributed by atoms with Gasteiger partial charge in [0.1, 0.15) is 30.3 Å². The Hall–Kier alpha value is -3.89. The predicted octanol–water partition coefficient (Wildman–Crippen LogP) is 4.27. The van der Waals surface area contributed by atoms with Crippen LogP contribution >= 0.6 is 11.6 Å². The number of hydrogen-bond donors (Lipinski definition) is 3. The Labute approximate surface area is 223 Å². The number of pyridine rings is 1. The van der Waals surface area contributed by atoms with Crippen molar-refractivity contribution in [3.05, 3.63) is 84.2 Å². The summed E-state index contributed by atoms with van der Waals surface area (Å²) in [4.78, 5) is 12.3. The molecule has 0 amide bonds. The van der Waals surface area contributed by atoms with Crippen LogP contribution in [0, 0.1) is 0 Å². The fraction of sp³-hybridized carbons (Fsp3) is 0.214. The van der Waals surface area contributed by atoms with Gasteiger partial charge in [0, 0.05) is 17.3 Å². The SMILES string of the molecule is C=C(O/C=C\N)c1ccc(-c2ccc(-c3nc4nc(O[C@@H]5CO[C@H]6[C@@H]5OC[C@H]6O)[nH]c4cc3Cl)cc2)cc1. The van der Waals surface area contributed by atoms with Crippen LogP contribution in [-0.4, -0.2) is 57.7 Å². The first-order valence-electron chi connectivity index (χ1n) is 12.1. The summed E-state index contributed by atoms with van der Waals surface area (Å²) in [6, 6.07) is 17.9. The van der Waals surface area contributed by atoms with E-state index in [4.69, 9.17) is 36.3 Å². The van der Waals surface area contributed by atoms with Gasteiger partial charge in [-0.15, -0.1) is 0 Å². The molecule has 10 heteroatoms. The summed E-state index contributed by atoms with van der Waals surface area (Å²) in [7, 11) is 0. The number of benzene rings is 2. The molecule has 2 aromatic carbocycles. The molecule has 6 rings (SSSR count). The highest BCUT2D eigenvalue weighted by Crippen LogP contribution is 2.33. The number of nitrogens with two attached hydrogens (primary N) is 1. The standard InChI is InChI=1S/C28H25ClN4O5/c1-15(35-11-10-30)16-2-4-17(5-3-16)18-6-8-19(9-7-18)24-20(29)12-21-27(32-24)33-28(31-21)38-23-14-37-25-22(34)13-36-26(23)25/h2-12,22-23,25-26,34H,1,13-14,30H2,(H,31,32,33)/b11-10-/t22-,23-,25-,26-/m1/s1. The second-order valence-electron chi connectivity index (χ2n) is 9.08. The molecule has 0 bridgehead atoms. The van der Waals surface area contributed by atoms with Crippen molar-refractivity contribution in [1.29, 1.82) is 0 Å². The quantitative estimate of drug-likeness (QED) is 0.301. The molecule has 2 aromatic heterocycles. The number of ether oxygens (including phenoxy) is 4. The Morgan fingerprint density at radius 3 is 2.45 bits per heavy atom. The lowest BCUT2D eigenvalue weighted by molar-refractivity contribution is 0.00706. The Kier molecular flexibility index (Phi) is 6.50. The van der Waals surface area contributed by atoms with Gasteiger partial charge < -0.3 is 34.8 Å². The normalized spacial score (nSPS) is 22.7. The first-order chi connectivity index (χ1) is 18.5. The third-order valence-corrected chi connectivity index (χ3v) is 6.93. The average molecular weight is 533 g/mol. The molecular formula is C28H25ClN4O5. The third-order valence-electron chi connectivity index (χ3n) is 6.64. The zero-order valence-corrected chi connectivity index (χ0v) is 21.0. The third kappa shape index (κ3) is 4.61. The van der Waals surface area contributed by atoms with Crippen LogP contribution in [0.1, 0.15) is 5.56 Å². The monoisotopic (exact) mass is 532 g/mol. The van der Waals surface area contributed by atoms with E-state index in [1.807, 2.05) is 48.5 Å². The topological polar surface area (TPSA) is 125 Å². The van der Waals surface area contributed by atoms with Gasteiger partial charge in [0.25, 0.3) is 6.01 Å². The Balaban J connectivity index is 1.19. The molecule has 4 atom stereocenters. The molecule has 2 fully saturated rings. The molecular weight excluding hydrogens is 508 g/mol. The molecule has 0 radical (unpaired) electrons. The number of rotatable bonds is 7. The molecule has 4 N–H and O–H groups in total. The summed E-state index contributed by atoms with van der Waals surface area (Å²) < 4.78 is 22.6. The number of imidazole rings is 1. The maximum absolute atomic E-state index is 9.94. The minimum atomic E-state index is -0.642. The van der Waals surface area contributed by atoms with Crippen molar-refractivity contribution in [2.75, 3.05) is 13.2 Å². The van der Waals surface area contributed by atoms with Crippen molar-refractivity contribution < 1.29 is 24.1 Å². The zero-order valence-electron chi connectivity index (χ0n) is 20.2. The molecule has 0 spiro atoms. The van der Waals surface area contributed by atoms with Crippen molar-refractivity contribution in [3.8, 4) is 28.4 Å². The lowest BCUT2D eigenvalue weighted by atomic mass is 10.0. The van der Waals surface area contributed by atoms with Crippen molar-refractivity contribution >= 4 is 28.5 Å². The molecule has 194 valence electrons. The maximum atomic E-state index is 9.94. The zero-order chi connectivity index (χ0) is 26.2. The van der Waals surface area contributed by atoms with Gasteiger partial charge in [-0.3, -0.25) is 0 Å². The summed E-state index contributed by atoms with van der Waals surface area (Å²) in [6.45, 7) is 4.44. The van der Waals surface area contributed by atoms with E-state index in [9.17, 15) is 5.11 Å². The first-order valence-corrected chi connectivity index (χ1v) is 12.5. The van der Waals surface area contributed by atoms with Crippen LogP contribution < -0.4 is 10.5 Å². The number of aromatic nitrogens is 3. The molecule has 0 saturated carbocycles. The van der Waals surface area contributed by atoms with Gasteiger partial charge in [-0.05, 0) is 17.2 Å². The van der Waals surface area contributed by atoms with Crippen molar-refractivity contribution in [1.82, 2.24) is 15.0 Å². The van der Waals surface area contributed by atoms with Crippen molar-refractivity contribution in [3.63, 3.8) is 0 Å². The number of hydrogen-bond acceptors (Lipinski definition) is 8. The number of aliphatic hydroxyl groups is 1. The number of aliphatic hydroxyl groups excluding tert-OH is 1. The number of nitrogens with zero attached hydrogens (tertiary/aromatic N) is 2. The van der Waals surface area contributed by atoms with Crippen molar-refractivity contribution in [2.24, 2.45) is 5.73 Å². The highest BCUT2D eigenvalue weighted by molar-refractivity contribution is 6.33. The van der Waals surface area contributed by atoms with Crippen LogP contribution in [0.15, 0.2) is 73.6 Å². The van der Waals surface area contributed by atoms with E-state index in [0.717, 1.165) is 22.3 Å². The Bertz CT molecular complexity index is 1500. The van der Waals surface area contributed by atoms with Gasteiger partial charge in [-0.2, -0.15) is 4.98 Å². The fourth-order valence-electron chi connectivity index (χ4n) is 4.70. The lowest BCUT2D eigenvalue weighted by Gasteiger charge is -2.15. The van der Waals surface area contributed by atoms with Gasteiger partial charge in [-0.25, -0.2) is 4.98 Å². The Morgan fingerprint density at radius 2 is 1.71 bits per heavy atom. The summed E-state index contributed by atoms with van der Waals surface area (Å²) in [5.74, 6) is 0.517. The Morgan fingerprint density at radius 1 is 1.03 bits per heavy atom. The number of nitrogens with one attached hydrogen (secondary N) is 1. The largest absolute Gasteiger partial charge is 0.464 e. The average Bonchev–Trinajstić information content (AvgIpc) is 3.63. The van der Waals surface area contributed by atoms with Gasteiger partial charge >= 0.3 is 0 Å². The maximum Gasteiger partial charge on any atom is 0.296 e. The van der Waals surface area contributed by atoms with Gasteiger partial charge in [-0.1, -0.05) is 66.7 Å².